The zero-order chi connectivity index (χ0) is 26.9. The highest BCUT2D eigenvalue weighted by atomic mass is 35.5. The molecule has 3 N–H and O–H groups in total. The Labute approximate surface area is 228 Å². The Morgan fingerprint density at radius 1 is 1.30 bits per heavy atom. The van der Waals surface area contributed by atoms with E-state index >= 15 is 0 Å². The predicted octanol–water partition coefficient (Wildman–Crippen LogP) is 4.06. The number of halogens is 2. The average Bonchev–Trinajstić information content (AvgIpc) is 3.37. The smallest absolute Gasteiger partial charge is 0.336 e. The molecule has 2 heterocycles. The van der Waals surface area contributed by atoms with Crippen molar-refractivity contribution in [2.75, 3.05) is 38.8 Å². The highest BCUT2D eigenvalue weighted by Gasteiger charge is 2.44. The van der Waals surface area contributed by atoms with Gasteiger partial charge >= 0.3 is 11.9 Å². The van der Waals surface area contributed by atoms with Crippen molar-refractivity contribution >= 4 is 63.3 Å². The lowest BCUT2D eigenvalue weighted by molar-refractivity contribution is -0.144. The van der Waals surface area contributed by atoms with Crippen LogP contribution in [0.2, 0.25) is 10.0 Å². The van der Waals surface area contributed by atoms with Crippen molar-refractivity contribution in [2.45, 2.75) is 19.8 Å². The molecule has 37 heavy (non-hydrogen) atoms. The molecular formula is C24H27Cl2N5O5S. The van der Waals surface area contributed by atoms with Gasteiger partial charge in [-0.1, -0.05) is 35.3 Å². The van der Waals surface area contributed by atoms with E-state index in [1.807, 2.05) is 5.38 Å². The van der Waals surface area contributed by atoms with E-state index in [1.165, 1.54) is 18.4 Å². The number of nitrogens with two attached hydrogens (primary N) is 1. The molecule has 0 aliphatic carbocycles. The Balaban J connectivity index is 1.89. The molecule has 1 aliphatic heterocycles. The molecule has 1 aromatic heterocycles. The number of esters is 2. The Bertz CT molecular complexity index is 1220. The van der Waals surface area contributed by atoms with E-state index in [0.717, 1.165) is 0 Å². The third kappa shape index (κ3) is 7.07. The predicted molar refractivity (Wildman–Crippen MR) is 145 cm³/mol. The molecule has 1 aromatic carbocycles. The summed E-state index contributed by atoms with van der Waals surface area (Å²) in [5.41, 5.74) is 7.24. The van der Waals surface area contributed by atoms with E-state index < -0.39 is 23.8 Å². The molecule has 198 valence electrons. The van der Waals surface area contributed by atoms with E-state index in [-0.39, 0.29) is 47.9 Å². The van der Waals surface area contributed by atoms with E-state index in [4.69, 9.17) is 43.1 Å². The van der Waals surface area contributed by atoms with E-state index in [0.29, 0.717) is 22.1 Å². The van der Waals surface area contributed by atoms with Crippen LogP contribution in [0.15, 0.2) is 51.0 Å². The van der Waals surface area contributed by atoms with Gasteiger partial charge in [-0.15, -0.1) is 11.3 Å². The molecule has 0 spiro atoms. The van der Waals surface area contributed by atoms with E-state index in [9.17, 15) is 9.59 Å². The number of guanidine groups is 1. The number of ether oxygens (including phenoxy) is 3. The number of hydrogen-bond acceptors (Lipinski definition) is 9. The minimum Gasteiger partial charge on any atom is -0.468 e. The minimum atomic E-state index is -0.912. The summed E-state index contributed by atoms with van der Waals surface area (Å²) in [6.07, 6.45) is 1.65. The third-order valence-electron chi connectivity index (χ3n) is 5.41. The van der Waals surface area contributed by atoms with Crippen LogP contribution in [0.4, 0.5) is 5.13 Å². The van der Waals surface area contributed by atoms with Gasteiger partial charge in [0.25, 0.3) is 0 Å². The fourth-order valence-electron chi connectivity index (χ4n) is 3.86. The topological polar surface area (TPSA) is 137 Å². The molecule has 0 fully saturated rings. The van der Waals surface area contributed by atoms with Gasteiger partial charge in [-0.25, -0.2) is 9.78 Å². The quantitative estimate of drug-likeness (QED) is 0.190. The van der Waals surface area contributed by atoms with Crippen molar-refractivity contribution in [1.29, 1.82) is 0 Å². The van der Waals surface area contributed by atoms with Gasteiger partial charge in [0, 0.05) is 23.2 Å². The molecule has 2 unspecified atom stereocenters. The maximum atomic E-state index is 13.2. The first-order valence-corrected chi connectivity index (χ1v) is 12.9. The molecule has 10 nitrogen and oxygen atoms in total. The number of carbonyl (C=O) groups is 2. The van der Waals surface area contributed by atoms with Gasteiger partial charge in [0.2, 0.25) is 0 Å². The first-order valence-electron chi connectivity index (χ1n) is 11.3. The van der Waals surface area contributed by atoms with Crippen molar-refractivity contribution < 1.29 is 23.8 Å². The molecule has 3 rings (SSSR count). The summed E-state index contributed by atoms with van der Waals surface area (Å²) < 4.78 is 16.2. The molecule has 1 aliphatic rings. The Hall–Kier alpha value is -2.99. The monoisotopic (exact) mass is 567 g/mol. The van der Waals surface area contributed by atoms with Gasteiger partial charge in [0.1, 0.15) is 5.92 Å². The second kappa shape index (κ2) is 13.5. The average molecular weight is 568 g/mol. The van der Waals surface area contributed by atoms with E-state index in [2.05, 4.69) is 20.3 Å². The number of nitrogens with one attached hydrogen (secondary N) is 1. The van der Waals surface area contributed by atoms with Gasteiger partial charge in [-0.2, -0.15) is 0 Å². The van der Waals surface area contributed by atoms with Gasteiger partial charge in [-0.3, -0.25) is 14.8 Å². The van der Waals surface area contributed by atoms with Crippen molar-refractivity contribution in [1.82, 2.24) is 4.98 Å². The Kier molecular flexibility index (Phi) is 10.4. The minimum absolute atomic E-state index is 0.0383. The highest BCUT2D eigenvalue weighted by molar-refractivity contribution is 7.13. The number of methoxy groups -OCH3 is 1. The summed E-state index contributed by atoms with van der Waals surface area (Å²) in [7, 11) is 1.27. The molecule has 2 aromatic rings. The van der Waals surface area contributed by atoms with Crippen molar-refractivity contribution in [3.63, 3.8) is 0 Å². The summed E-state index contributed by atoms with van der Waals surface area (Å²) in [6.45, 7) is 3.90. The van der Waals surface area contributed by atoms with Gasteiger partial charge in [0.05, 0.1) is 54.8 Å². The second-order valence-corrected chi connectivity index (χ2v) is 9.42. The largest absolute Gasteiger partial charge is 0.468 e. The number of anilines is 1. The SMILES string of the molecule is CCOC(=O)C1=C(COCCN=C(N)Nc2nccs2)N=C(C)C(C(=O)OC)C1c1cccc(Cl)c1Cl. The number of aromatic nitrogens is 1. The Morgan fingerprint density at radius 2 is 2.08 bits per heavy atom. The van der Waals surface area contributed by atoms with Crippen LogP contribution >= 0.6 is 34.5 Å². The van der Waals surface area contributed by atoms with Gasteiger partial charge in [0.15, 0.2) is 11.1 Å². The zero-order valence-electron chi connectivity index (χ0n) is 20.5. The lowest BCUT2D eigenvalue weighted by Crippen LogP contribution is -2.37. The normalized spacial score (nSPS) is 17.9. The molecule has 2 atom stereocenters. The first kappa shape index (κ1) is 28.6. The number of hydrogen-bond donors (Lipinski definition) is 2. The molecular weight excluding hydrogens is 541 g/mol. The summed E-state index contributed by atoms with van der Waals surface area (Å²) in [6, 6.07) is 5.02. The van der Waals surface area contributed by atoms with Crippen LogP contribution in [0.3, 0.4) is 0 Å². The fraction of sp³-hybridized carbons (Fsp3) is 0.375. The number of thiazole rings is 1. The maximum Gasteiger partial charge on any atom is 0.336 e. The summed E-state index contributed by atoms with van der Waals surface area (Å²) >= 11 is 14.2. The molecule has 0 saturated carbocycles. The van der Waals surface area contributed by atoms with Crippen LogP contribution in [-0.2, 0) is 23.8 Å². The summed E-state index contributed by atoms with van der Waals surface area (Å²) in [4.78, 5) is 38.9. The molecule has 0 radical (unpaired) electrons. The molecule has 0 bridgehead atoms. The molecule has 0 saturated heterocycles. The number of carbonyl (C=O) groups excluding carboxylic acids is 2. The van der Waals surface area contributed by atoms with Crippen molar-refractivity contribution in [3.8, 4) is 0 Å². The van der Waals surface area contributed by atoms with Crippen LogP contribution in [0, 0.1) is 5.92 Å². The fourth-order valence-corrected chi connectivity index (χ4v) is 4.82. The molecule has 0 amide bonds. The van der Waals surface area contributed by atoms with Crippen molar-refractivity contribution in [2.24, 2.45) is 21.6 Å². The summed E-state index contributed by atoms with van der Waals surface area (Å²) in [5, 5.41) is 5.83. The number of aliphatic imine (C=N–C) groups is 2. The first-order chi connectivity index (χ1) is 17.8. The number of rotatable bonds is 10. The highest BCUT2D eigenvalue weighted by Crippen LogP contribution is 2.44. The van der Waals surface area contributed by atoms with Crippen molar-refractivity contribution in [3.05, 3.63) is 56.7 Å². The Morgan fingerprint density at radius 3 is 2.76 bits per heavy atom. The zero-order valence-corrected chi connectivity index (χ0v) is 22.8. The lowest BCUT2D eigenvalue weighted by atomic mass is 9.75. The lowest BCUT2D eigenvalue weighted by Gasteiger charge is -2.32. The van der Waals surface area contributed by atoms with E-state index in [1.54, 1.807) is 38.2 Å². The third-order valence-corrected chi connectivity index (χ3v) is 6.93. The van der Waals surface area contributed by atoms with Crippen LogP contribution in [0.25, 0.3) is 0 Å². The van der Waals surface area contributed by atoms with Crippen LogP contribution < -0.4 is 11.1 Å². The van der Waals surface area contributed by atoms with Gasteiger partial charge in [-0.05, 0) is 25.5 Å². The standard InChI is InChI=1S/C24H27Cl2N5O5S/c1-4-36-22(33)19-16(12-35-10-8-28-23(27)31-24-29-9-11-37-24)30-13(2)17(21(32)34-3)18(19)14-6-5-7-15(25)20(14)26/h5-7,9,11,17-18H,4,8,10,12H2,1-3H3,(H3,27,28,29,31). The second-order valence-electron chi connectivity index (χ2n) is 7.74. The maximum absolute atomic E-state index is 13.2. The number of benzene rings is 1. The van der Waals surface area contributed by atoms with Gasteiger partial charge < -0.3 is 25.3 Å². The van der Waals surface area contributed by atoms with Crippen LogP contribution in [-0.4, -0.2) is 62.1 Å². The molecule has 13 heteroatoms. The number of nitrogens with zero attached hydrogens (tertiary/aromatic N) is 3. The summed E-state index contributed by atoms with van der Waals surface area (Å²) in [5.74, 6) is -2.76. The van der Waals surface area contributed by atoms with Crippen LogP contribution in [0.5, 0.6) is 0 Å². The van der Waals surface area contributed by atoms with Crippen LogP contribution in [0.1, 0.15) is 25.3 Å².